The number of hydrogen-bond acceptors (Lipinski definition) is 4. The highest BCUT2D eigenvalue weighted by Gasteiger charge is 2.17. The maximum Gasteiger partial charge on any atom is 0.240 e. The molecule has 1 fully saturated rings. The van der Waals surface area contributed by atoms with Gasteiger partial charge in [-0.15, -0.1) is 0 Å². The van der Waals surface area contributed by atoms with E-state index in [-0.39, 0.29) is 16.8 Å². The Morgan fingerprint density at radius 3 is 2.48 bits per heavy atom. The number of methoxy groups -OCH3 is 1. The van der Waals surface area contributed by atoms with Crippen molar-refractivity contribution in [2.75, 3.05) is 19.0 Å². The smallest absolute Gasteiger partial charge is 0.240 e. The van der Waals surface area contributed by atoms with E-state index in [0.29, 0.717) is 18.7 Å². The molecule has 27 heavy (non-hydrogen) atoms. The molecule has 2 rings (SSSR count). The van der Waals surface area contributed by atoms with Gasteiger partial charge >= 0.3 is 0 Å². The largest absolute Gasteiger partial charge is 0.383 e. The number of hydrogen-bond donors (Lipinski definition) is 2. The summed E-state index contributed by atoms with van der Waals surface area (Å²) in [5, 5.41) is 2.85. The molecular formula is C20H32N2O4S. The van der Waals surface area contributed by atoms with E-state index in [1.165, 1.54) is 51.3 Å². The van der Waals surface area contributed by atoms with E-state index < -0.39 is 10.0 Å². The normalized spacial score (nSPS) is 16.8. The van der Waals surface area contributed by atoms with Gasteiger partial charge < -0.3 is 10.1 Å². The van der Waals surface area contributed by atoms with Crippen LogP contribution in [0.4, 0.5) is 5.69 Å². The predicted molar refractivity (Wildman–Crippen MR) is 107 cm³/mol. The van der Waals surface area contributed by atoms with Crippen molar-refractivity contribution in [1.29, 1.82) is 0 Å². The van der Waals surface area contributed by atoms with Gasteiger partial charge in [-0.05, 0) is 49.9 Å². The molecule has 1 unspecified atom stereocenters. The third-order valence-electron chi connectivity index (χ3n) is 4.96. The second-order valence-electron chi connectivity index (χ2n) is 7.45. The van der Waals surface area contributed by atoms with E-state index in [0.717, 1.165) is 18.8 Å². The van der Waals surface area contributed by atoms with Gasteiger partial charge in [-0.2, -0.15) is 0 Å². The second-order valence-corrected chi connectivity index (χ2v) is 9.16. The lowest BCUT2D eigenvalue weighted by atomic mass is 9.86. The van der Waals surface area contributed by atoms with E-state index in [4.69, 9.17) is 4.74 Å². The molecule has 6 nitrogen and oxygen atoms in total. The highest BCUT2D eigenvalue weighted by Crippen LogP contribution is 2.27. The monoisotopic (exact) mass is 396 g/mol. The molecule has 0 bridgehead atoms. The molecule has 1 amide bonds. The lowest BCUT2D eigenvalue weighted by molar-refractivity contribution is -0.116. The standard InChI is InChI=1S/C20H32N2O4S/c1-16(15-26-2)22-27(24,25)19-13-11-18(12-14-19)21-20(23)10-6-9-17-7-4-3-5-8-17/h11-14,16-17,22H,3-10,15H2,1-2H3,(H,21,23). The van der Waals surface area contributed by atoms with Crippen molar-refractivity contribution < 1.29 is 17.9 Å². The van der Waals surface area contributed by atoms with Gasteiger partial charge in [0, 0.05) is 25.3 Å². The average molecular weight is 397 g/mol. The SMILES string of the molecule is COCC(C)NS(=O)(=O)c1ccc(NC(=O)CCCC2CCCCC2)cc1. The summed E-state index contributed by atoms with van der Waals surface area (Å²) in [6.07, 6.45) is 9.13. The summed E-state index contributed by atoms with van der Waals surface area (Å²) in [5.74, 6) is 0.761. The quantitative estimate of drug-likeness (QED) is 0.632. The lowest BCUT2D eigenvalue weighted by Gasteiger charge is -2.21. The van der Waals surface area contributed by atoms with Crippen LogP contribution in [-0.2, 0) is 19.6 Å². The zero-order chi connectivity index (χ0) is 19.7. The molecule has 2 N–H and O–H groups in total. The molecule has 1 aliphatic rings. The van der Waals surface area contributed by atoms with Crippen molar-refractivity contribution in [3.8, 4) is 0 Å². The van der Waals surface area contributed by atoms with Gasteiger partial charge in [-0.3, -0.25) is 4.79 Å². The Kier molecular flexibility index (Phi) is 8.73. The highest BCUT2D eigenvalue weighted by atomic mass is 32.2. The summed E-state index contributed by atoms with van der Waals surface area (Å²) < 4.78 is 32.1. The first-order chi connectivity index (χ1) is 12.9. The van der Waals surface area contributed by atoms with Crippen molar-refractivity contribution >= 4 is 21.6 Å². The molecule has 1 saturated carbocycles. The van der Waals surface area contributed by atoms with Crippen LogP contribution in [0.3, 0.4) is 0 Å². The molecule has 7 heteroatoms. The summed E-state index contributed by atoms with van der Waals surface area (Å²) in [4.78, 5) is 12.3. The fourth-order valence-electron chi connectivity index (χ4n) is 3.58. The molecule has 1 aromatic carbocycles. The maximum absolute atomic E-state index is 12.3. The summed E-state index contributed by atoms with van der Waals surface area (Å²) in [6.45, 7) is 2.04. The zero-order valence-corrected chi connectivity index (χ0v) is 17.2. The molecule has 0 aromatic heterocycles. The molecule has 1 aliphatic carbocycles. The Balaban J connectivity index is 1.79. The molecule has 0 saturated heterocycles. The van der Waals surface area contributed by atoms with Gasteiger partial charge in [0.25, 0.3) is 0 Å². The van der Waals surface area contributed by atoms with Gasteiger partial charge in [-0.25, -0.2) is 13.1 Å². The Hall–Kier alpha value is -1.44. The van der Waals surface area contributed by atoms with Crippen molar-refractivity contribution in [3.05, 3.63) is 24.3 Å². The highest BCUT2D eigenvalue weighted by molar-refractivity contribution is 7.89. The van der Waals surface area contributed by atoms with Gasteiger partial charge in [0.05, 0.1) is 11.5 Å². The van der Waals surface area contributed by atoms with E-state index in [9.17, 15) is 13.2 Å². The number of nitrogens with one attached hydrogen (secondary N) is 2. The number of rotatable bonds is 10. The lowest BCUT2D eigenvalue weighted by Crippen LogP contribution is -2.35. The van der Waals surface area contributed by atoms with Crippen LogP contribution in [0, 0.1) is 5.92 Å². The third-order valence-corrected chi connectivity index (χ3v) is 6.57. The Bertz CT molecular complexity index is 682. The van der Waals surface area contributed by atoms with Gasteiger partial charge in [0.1, 0.15) is 0 Å². The molecule has 1 atom stereocenters. The van der Waals surface area contributed by atoms with Crippen molar-refractivity contribution in [1.82, 2.24) is 4.72 Å². The van der Waals surface area contributed by atoms with E-state index in [1.807, 2.05) is 0 Å². The summed E-state index contributed by atoms with van der Waals surface area (Å²) in [5.41, 5.74) is 0.613. The molecule has 0 radical (unpaired) electrons. The van der Waals surface area contributed by atoms with Gasteiger partial charge in [0.2, 0.25) is 15.9 Å². The minimum Gasteiger partial charge on any atom is -0.383 e. The van der Waals surface area contributed by atoms with Crippen LogP contribution in [0.15, 0.2) is 29.2 Å². The fraction of sp³-hybridized carbons (Fsp3) is 0.650. The van der Waals surface area contributed by atoms with Crippen molar-refractivity contribution in [3.63, 3.8) is 0 Å². The topological polar surface area (TPSA) is 84.5 Å². The number of carbonyl (C=O) groups excluding carboxylic acids is 1. The average Bonchev–Trinajstić information content (AvgIpc) is 2.63. The van der Waals surface area contributed by atoms with Gasteiger partial charge in [0.15, 0.2) is 0 Å². The Morgan fingerprint density at radius 1 is 1.19 bits per heavy atom. The van der Waals surface area contributed by atoms with Crippen LogP contribution >= 0.6 is 0 Å². The number of benzene rings is 1. The summed E-state index contributed by atoms with van der Waals surface area (Å²) in [6, 6.07) is 5.92. The number of amides is 1. The zero-order valence-electron chi connectivity index (χ0n) is 16.4. The van der Waals surface area contributed by atoms with Crippen molar-refractivity contribution in [2.45, 2.75) is 69.2 Å². The molecule has 0 heterocycles. The van der Waals surface area contributed by atoms with Crippen LogP contribution in [0.1, 0.15) is 58.3 Å². The van der Waals surface area contributed by atoms with Crippen LogP contribution in [-0.4, -0.2) is 34.1 Å². The minimum absolute atomic E-state index is 0.0201. The first-order valence-corrected chi connectivity index (χ1v) is 11.3. The number of sulfonamides is 1. The van der Waals surface area contributed by atoms with Crippen LogP contribution < -0.4 is 10.0 Å². The first kappa shape index (κ1) is 21.9. The number of anilines is 1. The molecule has 0 spiro atoms. The maximum atomic E-state index is 12.3. The number of ether oxygens (including phenoxy) is 1. The van der Waals surface area contributed by atoms with Crippen molar-refractivity contribution in [2.24, 2.45) is 5.92 Å². The molecule has 152 valence electrons. The minimum atomic E-state index is -3.60. The molecule has 1 aromatic rings. The second kappa shape index (κ2) is 10.8. The summed E-state index contributed by atoms with van der Waals surface area (Å²) in [7, 11) is -2.07. The van der Waals surface area contributed by atoms with Crippen LogP contribution in [0.25, 0.3) is 0 Å². The Morgan fingerprint density at radius 2 is 1.85 bits per heavy atom. The fourth-order valence-corrected chi connectivity index (χ4v) is 4.81. The van der Waals surface area contributed by atoms with Crippen LogP contribution in [0.2, 0.25) is 0 Å². The predicted octanol–water partition coefficient (Wildman–Crippen LogP) is 3.69. The summed E-state index contributed by atoms with van der Waals surface area (Å²) >= 11 is 0. The molecule has 0 aliphatic heterocycles. The van der Waals surface area contributed by atoms with Crippen LogP contribution in [0.5, 0.6) is 0 Å². The molecular weight excluding hydrogens is 364 g/mol. The van der Waals surface area contributed by atoms with E-state index in [1.54, 1.807) is 19.1 Å². The number of carbonyl (C=O) groups is 1. The Labute approximate surface area is 163 Å². The van der Waals surface area contributed by atoms with E-state index >= 15 is 0 Å². The third kappa shape index (κ3) is 7.60. The first-order valence-electron chi connectivity index (χ1n) is 9.82. The van der Waals surface area contributed by atoms with E-state index in [2.05, 4.69) is 10.0 Å². The van der Waals surface area contributed by atoms with Gasteiger partial charge in [-0.1, -0.05) is 32.1 Å².